The Labute approximate surface area is 86.3 Å². The third kappa shape index (κ3) is 2.68. The molecule has 0 fully saturated rings. The van der Waals surface area contributed by atoms with Gasteiger partial charge in [0.05, 0.1) is 0 Å². The number of nitrogens with zero attached hydrogens (tertiary/aromatic N) is 1. The van der Waals surface area contributed by atoms with Gasteiger partial charge in [0.2, 0.25) is 0 Å². The van der Waals surface area contributed by atoms with E-state index in [-0.39, 0.29) is 0 Å². The van der Waals surface area contributed by atoms with Gasteiger partial charge >= 0.3 is 0 Å². The molecule has 14 heavy (non-hydrogen) atoms. The second-order valence-electron chi connectivity index (χ2n) is 3.74. The molecule has 0 aromatic rings. The van der Waals surface area contributed by atoms with Crippen molar-refractivity contribution < 1.29 is 4.39 Å². The average molecular weight is 197 g/mol. The highest BCUT2D eigenvalue weighted by Gasteiger charge is 2.32. The van der Waals surface area contributed by atoms with Gasteiger partial charge in [-0.1, -0.05) is 38.5 Å². The lowest BCUT2D eigenvalue weighted by atomic mass is 10.0. The molecule has 0 radical (unpaired) electrons. The van der Waals surface area contributed by atoms with Crippen LogP contribution >= 0.6 is 0 Å². The van der Waals surface area contributed by atoms with E-state index in [0.717, 1.165) is 25.9 Å². The summed E-state index contributed by atoms with van der Waals surface area (Å²) in [5.74, 6) is -1.24. The number of likely N-dealkylation sites (N-methyl/N-ethyl adjacent to an activating group) is 1. The molecular weight excluding hydrogens is 177 g/mol. The number of allylic oxidation sites excluding steroid dienone is 2. The van der Waals surface area contributed by atoms with Gasteiger partial charge < -0.3 is 0 Å². The van der Waals surface area contributed by atoms with Gasteiger partial charge in [0.25, 0.3) is 0 Å². The van der Waals surface area contributed by atoms with Crippen LogP contribution in [0, 0.1) is 0 Å². The minimum atomic E-state index is -1.24. The lowest BCUT2D eigenvalue weighted by Crippen LogP contribution is -2.44. The summed E-state index contributed by atoms with van der Waals surface area (Å²) in [7, 11) is 0. The maximum atomic E-state index is 14.3. The van der Waals surface area contributed by atoms with Crippen LogP contribution in [0.2, 0.25) is 0 Å². The number of hydrogen-bond donors (Lipinski definition) is 0. The van der Waals surface area contributed by atoms with Crippen molar-refractivity contribution in [2.24, 2.45) is 0 Å². The van der Waals surface area contributed by atoms with E-state index >= 15 is 0 Å². The van der Waals surface area contributed by atoms with Crippen LogP contribution in [-0.2, 0) is 0 Å². The Kier molecular flexibility index (Phi) is 4.33. The first-order chi connectivity index (χ1) is 6.73. The molecule has 80 valence electrons. The fraction of sp³-hybridized carbons (Fsp3) is 0.667. The van der Waals surface area contributed by atoms with Crippen LogP contribution in [0.3, 0.4) is 0 Å². The summed E-state index contributed by atoms with van der Waals surface area (Å²) in [5, 5.41) is 0. The van der Waals surface area contributed by atoms with Crippen LogP contribution in [0.15, 0.2) is 24.3 Å². The summed E-state index contributed by atoms with van der Waals surface area (Å²) in [5.41, 5.74) is 0. The average Bonchev–Trinajstić information content (AvgIpc) is 2.20. The van der Waals surface area contributed by atoms with Crippen molar-refractivity contribution in [2.45, 2.75) is 38.9 Å². The first-order valence-electron chi connectivity index (χ1n) is 5.51. The molecule has 1 aliphatic rings. The Bertz CT molecular complexity index is 222. The molecule has 1 atom stereocenters. The molecule has 0 bridgehead atoms. The molecule has 0 spiro atoms. The molecule has 1 nitrogen and oxygen atoms in total. The van der Waals surface area contributed by atoms with Gasteiger partial charge in [-0.3, -0.25) is 4.90 Å². The smallest absolute Gasteiger partial charge is 0.186 e. The molecule has 0 aromatic carbocycles. The van der Waals surface area contributed by atoms with Gasteiger partial charge in [-0.25, -0.2) is 4.39 Å². The second-order valence-corrected chi connectivity index (χ2v) is 3.74. The highest BCUT2D eigenvalue weighted by molar-refractivity contribution is 5.17. The van der Waals surface area contributed by atoms with E-state index in [9.17, 15) is 4.39 Å². The van der Waals surface area contributed by atoms with Crippen molar-refractivity contribution in [2.75, 3.05) is 13.1 Å². The van der Waals surface area contributed by atoms with Gasteiger partial charge in [-0.05, 0) is 19.0 Å². The summed E-state index contributed by atoms with van der Waals surface area (Å²) >= 11 is 0. The zero-order valence-corrected chi connectivity index (χ0v) is 9.17. The molecule has 0 amide bonds. The van der Waals surface area contributed by atoms with Crippen molar-refractivity contribution in [3.63, 3.8) is 0 Å². The van der Waals surface area contributed by atoms with Crippen molar-refractivity contribution >= 4 is 0 Å². The molecule has 0 aliphatic heterocycles. The van der Waals surface area contributed by atoms with Crippen LogP contribution in [0.25, 0.3) is 0 Å². The predicted molar refractivity (Wildman–Crippen MR) is 58.9 cm³/mol. The van der Waals surface area contributed by atoms with Crippen LogP contribution in [0.4, 0.5) is 4.39 Å². The van der Waals surface area contributed by atoms with Gasteiger partial charge in [0, 0.05) is 13.0 Å². The zero-order valence-electron chi connectivity index (χ0n) is 9.17. The minimum Gasteiger partial charge on any atom is -0.268 e. The molecule has 1 unspecified atom stereocenters. The Morgan fingerprint density at radius 3 is 2.64 bits per heavy atom. The van der Waals surface area contributed by atoms with Gasteiger partial charge in [0.15, 0.2) is 5.79 Å². The molecule has 2 heteroatoms. The molecule has 1 rings (SSSR count). The lowest BCUT2D eigenvalue weighted by Gasteiger charge is -2.35. The summed E-state index contributed by atoms with van der Waals surface area (Å²) < 4.78 is 14.3. The second kappa shape index (κ2) is 5.30. The van der Waals surface area contributed by atoms with Crippen LogP contribution in [0.1, 0.15) is 33.1 Å². The Balaban J connectivity index is 2.58. The van der Waals surface area contributed by atoms with Crippen molar-refractivity contribution in [3.8, 4) is 0 Å². The van der Waals surface area contributed by atoms with Crippen molar-refractivity contribution in [1.29, 1.82) is 0 Å². The first kappa shape index (κ1) is 11.4. The van der Waals surface area contributed by atoms with E-state index in [0.29, 0.717) is 6.42 Å². The lowest BCUT2D eigenvalue weighted by molar-refractivity contribution is 0.0132. The molecule has 0 aromatic heterocycles. The highest BCUT2D eigenvalue weighted by atomic mass is 19.1. The van der Waals surface area contributed by atoms with Crippen molar-refractivity contribution in [3.05, 3.63) is 24.3 Å². The maximum absolute atomic E-state index is 14.3. The van der Waals surface area contributed by atoms with E-state index in [1.807, 2.05) is 24.0 Å². The minimum absolute atomic E-state index is 0.487. The zero-order chi connectivity index (χ0) is 10.4. The molecule has 0 saturated carbocycles. The number of alkyl halides is 1. The normalized spacial score (nSPS) is 26.0. The summed E-state index contributed by atoms with van der Waals surface area (Å²) in [6.07, 6.45) is 9.95. The topological polar surface area (TPSA) is 3.24 Å². The number of hydrogen-bond acceptors (Lipinski definition) is 1. The maximum Gasteiger partial charge on any atom is 0.186 e. The Morgan fingerprint density at radius 1 is 1.36 bits per heavy atom. The Morgan fingerprint density at radius 2 is 2.14 bits per heavy atom. The fourth-order valence-electron chi connectivity index (χ4n) is 1.77. The quantitative estimate of drug-likeness (QED) is 0.611. The molecular formula is C12H20FN. The summed E-state index contributed by atoms with van der Waals surface area (Å²) in [6, 6.07) is 0. The van der Waals surface area contributed by atoms with E-state index in [2.05, 4.69) is 6.92 Å². The van der Waals surface area contributed by atoms with E-state index < -0.39 is 5.79 Å². The van der Waals surface area contributed by atoms with Gasteiger partial charge in [0.1, 0.15) is 0 Å². The highest BCUT2D eigenvalue weighted by Crippen LogP contribution is 2.27. The van der Waals surface area contributed by atoms with E-state index in [1.54, 1.807) is 12.2 Å². The SMILES string of the molecule is CCCCN(CC)C1(F)C=CC=CC1. The molecule has 0 N–H and O–H groups in total. The third-order valence-electron chi connectivity index (χ3n) is 2.69. The van der Waals surface area contributed by atoms with Crippen LogP contribution in [0.5, 0.6) is 0 Å². The number of halogens is 1. The third-order valence-corrected chi connectivity index (χ3v) is 2.69. The first-order valence-corrected chi connectivity index (χ1v) is 5.51. The number of unbranched alkanes of at least 4 members (excludes halogenated alkanes) is 1. The largest absolute Gasteiger partial charge is 0.268 e. The van der Waals surface area contributed by atoms with Crippen LogP contribution < -0.4 is 0 Å². The summed E-state index contributed by atoms with van der Waals surface area (Å²) in [4.78, 5) is 1.91. The Hall–Kier alpha value is -0.630. The molecule has 0 heterocycles. The summed E-state index contributed by atoms with van der Waals surface area (Å²) in [6.45, 7) is 5.77. The predicted octanol–water partition coefficient (Wildman–Crippen LogP) is 3.29. The standard InChI is InChI=1S/C12H20FN/c1-3-5-11-14(4-2)12(13)9-7-6-8-10-12/h6-9H,3-5,10-11H2,1-2H3. The molecule has 0 saturated heterocycles. The van der Waals surface area contributed by atoms with Gasteiger partial charge in [-0.2, -0.15) is 0 Å². The fourth-order valence-corrected chi connectivity index (χ4v) is 1.77. The van der Waals surface area contributed by atoms with Crippen LogP contribution in [-0.4, -0.2) is 23.8 Å². The number of rotatable bonds is 5. The van der Waals surface area contributed by atoms with E-state index in [1.165, 1.54) is 0 Å². The molecule has 1 aliphatic carbocycles. The van der Waals surface area contributed by atoms with Gasteiger partial charge in [-0.15, -0.1) is 0 Å². The van der Waals surface area contributed by atoms with Crippen molar-refractivity contribution in [1.82, 2.24) is 4.90 Å². The monoisotopic (exact) mass is 197 g/mol. The van der Waals surface area contributed by atoms with E-state index in [4.69, 9.17) is 0 Å².